The van der Waals surface area contributed by atoms with Gasteiger partial charge in [0.05, 0.1) is 5.92 Å². The number of halogens is 1. The van der Waals surface area contributed by atoms with Crippen molar-refractivity contribution < 1.29 is 4.79 Å². The second-order valence-electron chi connectivity index (χ2n) is 12.4. The fourth-order valence-corrected chi connectivity index (χ4v) is 7.46. The Labute approximate surface area is 240 Å². The third-order valence-corrected chi connectivity index (χ3v) is 9.76. The first-order valence-corrected chi connectivity index (χ1v) is 15.3. The second kappa shape index (κ2) is 12.7. The first-order chi connectivity index (χ1) is 18.8. The van der Waals surface area contributed by atoms with E-state index in [1.54, 1.807) is 0 Å². The lowest BCUT2D eigenvalue weighted by atomic mass is 9.79. The van der Waals surface area contributed by atoms with Crippen LogP contribution in [-0.2, 0) is 11.3 Å². The Morgan fingerprint density at radius 3 is 2.31 bits per heavy atom. The summed E-state index contributed by atoms with van der Waals surface area (Å²) in [6.45, 7) is 11.9. The van der Waals surface area contributed by atoms with Crippen LogP contribution in [0, 0.1) is 5.92 Å². The number of likely N-dealkylation sites (N-methyl/N-ethyl adjacent to an activating group) is 1. The van der Waals surface area contributed by atoms with Crippen molar-refractivity contribution >= 4 is 17.5 Å². The van der Waals surface area contributed by atoms with E-state index < -0.39 is 0 Å². The molecule has 1 saturated carbocycles. The van der Waals surface area contributed by atoms with Crippen molar-refractivity contribution in [3.8, 4) is 0 Å². The molecule has 7 heteroatoms. The Morgan fingerprint density at radius 1 is 1.00 bits per heavy atom. The summed E-state index contributed by atoms with van der Waals surface area (Å²) in [5.74, 6) is 0.572. The van der Waals surface area contributed by atoms with Crippen molar-refractivity contribution in [2.75, 3.05) is 52.9 Å². The zero-order chi connectivity index (χ0) is 27.4. The number of carbonyl (C=O) groups is 1. The molecule has 2 aliphatic heterocycles. The Bertz CT molecular complexity index is 1060. The second-order valence-corrected chi connectivity index (χ2v) is 12.9. The minimum atomic E-state index is 0.00950. The lowest BCUT2D eigenvalue weighted by Crippen LogP contribution is -2.62. The molecule has 1 aromatic heterocycles. The van der Waals surface area contributed by atoms with Crippen LogP contribution in [0.15, 0.2) is 48.8 Å². The number of hydrogen-bond acceptors (Lipinski definition) is 5. The smallest absolute Gasteiger partial charge is 0.227 e. The number of piperazine rings is 1. The molecule has 3 fully saturated rings. The summed E-state index contributed by atoms with van der Waals surface area (Å²) < 4.78 is 0. The van der Waals surface area contributed by atoms with Gasteiger partial charge in [0, 0.05) is 87.3 Å². The van der Waals surface area contributed by atoms with Crippen molar-refractivity contribution in [2.45, 2.75) is 70.0 Å². The van der Waals surface area contributed by atoms with Gasteiger partial charge in [-0.2, -0.15) is 0 Å². The summed E-state index contributed by atoms with van der Waals surface area (Å²) in [7, 11) is 2.26. The van der Waals surface area contributed by atoms with E-state index in [2.05, 4.69) is 69.7 Å². The molecule has 2 saturated heterocycles. The normalized spacial score (nSPS) is 24.5. The van der Waals surface area contributed by atoms with Crippen LogP contribution in [0.4, 0.5) is 0 Å². The maximum atomic E-state index is 14.0. The van der Waals surface area contributed by atoms with Crippen molar-refractivity contribution in [2.24, 2.45) is 5.92 Å². The van der Waals surface area contributed by atoms with Crippen LogP contribution in [0.5, 0.6) is 0 Å². The zero-order valence-electron chi connectivity index (χ0n) is 24.1. The van der Waals surface area contributed by atoms with Gasteiger partial charge in [-0.25, -0.2) is 0 Å². The minimum absolute atomic E-state index is 0.00950. The van der Waals surface area contributed by atoms with Gasteiger partial charge in [0.2, 0.25) is 5.91 Å². The standard InChI is InChI=1S/C32H46ClN5O/c1-25(2)37-22-29(27-7-9-28(33)10-8-27)30(23-37)31(39)36-17-19-38(20-18-36)32(13-5-4-6-14-32)24-35(3)21-26-11-15-34-16-12-26/h7-12,15-16,25,29-30H,4-6,13-14,17-24H2,1-3H3/t29-,30+/m1/s1. The van der Waals surface area contributed by atoms with E-state index in [-0.39, 0.29) is 17.4 Å². The van der Waals surface area contributed by atoms with Crippen molar-refractivity contribution in [1.29, 1.82) is 0 Å². The van der Waals surface area contributed by atoms with Gasteiger partial charge in [-0.15, -0.1) is 0 Å². The maximum absolute atomic E-state index is 14.0. The van der Waals surface area contributed by atoms with E-state index in [1.165, 1.54) is 43.2 Å². The van der Waals surface area contributed by atoms with Gasteiger partial charge in [0.1, 0.15) is 0 Å². The molecule has 3 heterocycles. The summed E-state index contributed by atoms with van der Waals surface area (Å²) in [6, 6.07) is 12.8. The quantitative estimate of drug-likeness (QED) is 0.454. The fraction of sp³-hybridized carbons (Fsp3) is 0.625. The average Bonchev–Trinajstić information content (AvgIpc) is 3.40. The topological polar surface area (TPSA) is 42.9 Å². The van der Waals surface area contributed by atoms with Gasteiger partial charge in [0.15, 0.2) is 0 Å². The monoisotopic (exact) mass is 551 g/mol. The molecule has 5 rings (SSSR count). The van der Waals surface area contributed by atoms with E-state index in [0.29, 0.717) is 11.9 Å². The van der Waals surface area contributed by atoms with Crippen molar-refractivity contribution in [3.63, 3.8) is 0 Å². The highest BCUT2D eigenvalue weighted by Gasteiger charge is 2.44. The van der Waals surface area contributed by atoms with E-state index in [4.69, 9.17) is 11.6 Å². The fourth-order valence-electron chi connectivity index (χ4n) is 7.33. The first kappa shape index (κ1) is 28.5. The number of amides is 1. The molecule has 0 unspecified atom stereocenters. The largest absolute Gasteiger partial charge is 0.340 e. The Balaban J connectivity index is 1.24. The highest BCUT2D eigenvalue weighted by Crippen LogP contribution is 2.38. The third-order valence-electron chi connectivity index (χ3n) is 9.51. The van der Waals surface area contributed by atoms with Gasteiger partial charge in [-0.1, -0.05) is 43.0 Å². The van der Waals surface area contributed by atoms with Gasteiger partial charge in [-0.05, 0) is 69.1 Å². The highest BCUT2D eigenvalue weighted by atomic mass is 35.5. The van der Waals surface area contributed by atoms with Crippen LogP contribution in [-0.4, -0.2) is 94.9 Å². The van der Waals surface area contributed by atoms with E-state index in [0.717, 1.165) is 57.4 Å². The van der Waals surface area contributed by atoms with E-state index in [1.807, 2.05) is 24.5 Å². The highest BCUT2D eigenvalue weighted by molar-refractivity contribution is 6.30. The van der Waals surface area contributed by atoms with Crippen LogP contribution < -0.4 is 0 Å². The van der Waals surface area contributed by atoms with Crippen LogP contribution in [0.2, 0.25) is 5.02 Å². The molecule has 3 aliphatic rings. The Morgan fingerprint density at radius 2 is 1.67 bits per heavy atom. The molecule has 6 nitrogen and oxygen atoms in total. The molecular formula is C32H46ClN5O. The number of nitrogens with zero attached hydrogens (tertiary/aromatic N) is 5. The van der Waals surface area contributed by atoms with E-state index >= 15 is 0 Å². The molecule has 0 radical (unpaired) electrons. The minimum Gasteiger partial charge on any atom is -0.340 e. The Hall–Kier alpha value is -1.99. The van der Waals surface area contributed by atoms with Gasteiger partial charge < -0.3 is 9.80 Å². The molecule has 2 atom stereocenters. The van der Waals surface area contributed by atoms with Gasteiger partial charge >= 0.3 is 0 Å². The molecule has 1 aliphatic carbocycles. The molecular weight excluding hydrogens is 506 g/mol. The molecule has 212 valence electrons. The van der Waals surface area contributed by atoms with Crippen LogP contribution >= 0.6 is 11.6 Å². The predicted octanol–water partition coefficient (Wildman–Crippen LogP) is 5.14. The number of carbonyl (C=O) groups excluding carboxylic acids is 1. The number of hydrogen-bond donors (Lipinski definition) is 0. The van der Waals surface area contributed by atoms with Crippen LogP contribution in [0.25, 0.3) is 0 Å². The maximum Gasteiger partial charge on any atom is 0.227 e. The lowest BCUT2D eigenvalue weighted by molar-refractivity contribution is -0.139. The molecule has 1 aromatic carbocycles. The number of pyridine rings is 1. The lowest BCUT2D eigenvalue weighted by Gasteiger charge is -2.51. The molecule has 0 N–H and O–H groups in total. The number of likely N-dealkylation sites (tertiary alicyclic amines) is 1. The van der Waals surface area contributed by atoms with Crippen molar-refractivity contribution in [3.05, 3.63) is 64.9 Å². The van der Waals surface area contributed by atoms with Gasteiger partial charge in [0.25, 0.3) is 0 Å². The third kappa shape index (κ3) is 6.67. The number of benzene rings is 1. The SMILES string of the molecule is CC(C)N1C[C@H](C(=O)N2CCN(C3(CN(C)Cc4ccncc4)CCCCC3)CC2)[C@@H](c2ccc(Cl)cc2)C1. The molecule has 2 aromatic rings. The molecule has 1 amide bonds. The first-order valence-electron chi connectivity index (χ1n) is 15.0. The van der Waals surface area contributed by atoms with Crippen molar-refractivity contribution in [1.82, 2.24) is 24.6 Å². The summed E-state index contributed by atoms with van der Waals surface area (Å²) in [4.78, 5) is 28.1. The van der Waals surface area contributed by atoms with Crippen LogP contribution in [0.3, 0.4) is 0 Å². The Kier molecular flexibility index (Phi) is 9.27. The predicted molar refractivity (Wildman–Crippen MR) is 159 cm³/mol. The summed E-state index contributed by atoms with van der Waals surface area (Å²) >= 11 is 6.18. The number of rotatable bonds is 8. The van der Waals surface area contributed by atoms with Gasteiger partial charge in [-0.3, -0.25) is 19.6 Å². The van der Waals surface area contributed by atoms with Crippen LogP contribution in [0.1, 0.15) is 63.0 Å². The summed E-state index contributed by atoms with van der Waals surface area (Å²) in [6.07, 6.45) is 10.2. The molecule has 0 bridgehead atoms. The summed E-state index contributed by atoms with van der Waals surface area (Å²) in [5.41, 5.74) is 2.76. The molecule has 39 heavy (non-hydrogen) atoms. The van der Waals surface area contributed by atoms with E-state index in [9.17, 15) is 4.79 Å². The zero-order valence-corrected chi connectivity index (χ0v) is 24.8. The summed E-state index contributed by atoms with van der Waals surface area (Å²) in [5, 5.41) is 0.750. The number of aromatic nitrogens is 1. The molecule has 0 spiro atoms. The average molecular weight is 552 g/mol.